The first-order valence-electron chi connectivity index (χ1n) is 8.64. The lowest BCUT2D eigenvalue weighted by atomic mass is 10.1. The van der Waals surface area contributed by atoms with Gasteiger partial charge in [-0.15, -0.1) is 0 Å². The predicted octanol–water partition coefficient (Wildman–Crippen LogP) is 4.91. The summed E-state index contributed by atoms with van der Waals surface area (Å²) in [6.45, 7) is 4.04. The maximum Gasteiger partial charge on any atom is 0.230 e. The molecule has 1 aromatic heterocycles. The number of aryl methyl sites for hydroxylation is 1. The minimum Gasteiger partial charge on any atom is -0.349 e. The summed E-state index contributed by atoms with van der Waals surface area (Å²) in [5, 5.41) is 4.62. The van der Waals surface area contributed by atoms with Gasteiger partial charge >= 0.3 is 0 Å². The number of nitrogens with one attached hydrogen (secondary N) is 1. The predicted molar refractivity (Wildman–Crippen MR) is 111 cm³/mol. The molecule has 1 heterocycles. The van der Waals surface area contributed by atoms with Crippen molar-refractivity contribution in [1.82, 2.24) is 15.3 Å². The fourth-order valence-electron chi connectivity index (χ4n) is 2.44. The molecule has 6 heteroatoms. The van der Waals surface area contributed by atoms with E-state index in [9.17, 15) is 4.79 Å². The Kier molecular flexibility index (Phi) is 6.90. The summed E-state index contributed by atoms with van der Waals surface area (Å²) in [6, 6.07) is 18.2. The van der Waals surface area contributed by atoms with Gasteiger partial charge in [0.25, 0.3) is 0 Å². The Morgan fingerprint density at radius 3 is 2.37 bits per heavy atom. The smallest absolute Gasteiger partial charge is 0.230 e. The zero-order valence-electron chi connectivity index (χ0n) is 15.3. The highest BCUT2D eigenvalue weighted by atomic mass is 32.2. The van der Waals surface area contributed by atoms with Crippen LogP contribution in [0.2, 0.25) is 0 Å². The summed E-state index contributed by atoms with van der Waals surface area (Å²) in [5.74, 6) is 0.284. The summed E-state index contributed by atoms with van der Waals surface area (Å²) in [4.78, 5) is 22.3. The van der Waals surface area contributed by atoms with Crippen LogP contribution >= 0.6 is 23.5 Å². The van der Waals surface area contributed by atoms with E-state index in [1.165, 1.54) is 17.3 Å². The second-order valence-corrected chi connectivity index (χ2v) is 8.10. The van der Waals surface area contributed by atoms with Gasteiger partial charge in [0, 0.05) is 17.3 Å². The van der Waals surface area contributed by atoms with Crippen molar-refractivity contribution in [2.45, 2.75) is 34.8 Å². The van der Waals surface area contributed by atoms with Crippen molar-refractivity contribution in [3.63, 3.8) is 0 Å². The molecule has 3 rings (SSSR count). The van der Waals surface area contributed by atoms with Crippen LogP contribution in [0.25, 0.3) is 0 Å². The van der Waals surface area contributed by atoms with Gasteiger partial charge in [-0.1, -0.05) is 71.6 Å². The largest absolute Gasteiger partial charge is 0.349 e. The van der Waals surface area contributed by atoms with Crippen molar-refractivity contribution >= 4 is 29.4 Å². The van der Waals surface area contributed by atoms with Crippen LogP contribution in [0.1, 0.15) is 24.1 Å². The molecule has 0 radical (unpaired) electrons. The number of nitrogens with zero attached hydrogens (tertiary/aromatic N) is 2. The molecule has 0 bridgehead atoms. The maximum atomic E-state index is 12.3. The van der Waals surface area contributed by atoms with E-state index in [0.717, 1.165) is 20.5 Å². The van der Waals surface area contributed by atoms with Crippen molar-refractivity contribution in [1.29, 1.82) is 0 Å². The second-order valence-electron chi connectivity index (χ2n) is 6.07. The zero-order valence-corrected chi connectivity index (χ0v) is 16.9. The molecular formula is C21H21N3OS2. The molecule has 0 spiro atoms. The van der Waals surface area contributed by atoms with E-state index in [0.29, 0.717) is 5.75 Å². The van der Waals surface area contributed by atoms with Crippen molar-refractivity contribution in [3.8, 4) is 0 Å². The van der Waals surface area contributed by atoms with E-state index >= 15 is 0 Å². The Bertz CT molecular complexity index is 885. The summed E-state index contributed by atoms with van der Waals surface area (Å²) >= 11 is 2.96. The molecule has 3 aromatic rings. The molecule has 0 saturated heterocycles. The van der Waals surface area contributed by atoms with Crippen LogP contribution in [-0.4, -0.2) is 21.6 Å². The van der Waals surface area contributed by atoms with E-state index in [4.69, 9.17) is 0 Å². The van der Waals surface area contributed by atoms with Gasteiger partial charge in [0.2, 0.25) is 5.91 Å². The van der Waals surface area contributed by atoms with Gasteiger partial charge in [0.15, 0.2) is 0 Å². The van der Waals surface area contributed by atoms with E-state index in [-0.39, 0.29) is 11.9 Å². The van der Waals surface area contributed by atoms with Gasteiger partial charge in [-0.05, 0) is 31.5 Å². The van der Waals surface area contributed by atoms with Crippen LogP contribution in [-0.2, 0) is 4.79 Å². The molecule has 0 fully saturated rings. The molecule has 27 heavy (non-hydrogen) atoms. The van der Waals surface area contributed by atoms with Crippen molar-refractivity contribution in [2.75, 3.05) is 5.75 Å². The maximum absolute atomic E-state index is 12.3. The number of rotatable bonds is 7. The third-order valence-corrected chi connectivity index (χ3v) is 5.99. The standard InChI is InChI=1S/C21H21N3OS2/c1-15-8-10-17(11-9-15)16(2)24-19(25)14-26-20-21(23-13-12-22-20)27-18-6-4-3-5-7-18/h3-13,16H,14H2,1-2H3,(H,24,25). The molecule has 138 valence electrons. The molecular weight excluding hydrogens is 374 g/mol. The second kappa shape index (κ2) is 9.58. The summed E-state index contributed by atoms with van der Waals surface area (Å²) in [7, 11) is 0. The number of carbonyl (C=O) groups excluding carboxylic acids is 1. The number of amides is 1. The number of hydrogen-bond donors (Lipinski definition) is 1. The monoisotopic (exact) mass is 395 g/mol. The van der Waals surface area contributed by atoms with Crippen LogP contribution in [0, 0.1) is 6.92 Å². The Morgan fingerprint density at radius 2 is 1.67 bits per heavy atom. The third kappa shape index (κ3) is 5.84. The Labute approximate surface area is 168 Å². The lowest BCUT2D eigenvalue weighted by Crippen LogP contribution is -2.28. The quantitative estimate of drug-likeness (QED) is 0.576. The van der Waals surface area contributed by atoms with E-state index in [1.807, 2.05) is 49.4 Å². The van der Waals surface area contributed by atoms with Crippen LogP contribution < -0.4 is 5.32 Å². The fraction of sp³-hybridized carbons (Fsp3) is 0.190. The van der Waals surface area contributed by atoms with E-state index < -0.39 is 0 Å². The number of carbonyl (C=O) groups is 1. The van der Waals surface area contributed by atoms with Gasteiger partial charge in [-0.3, -0.25) is 4.79 Å². The summed E-state index contributed by atoms with van der Waals surface area (Å²) in [5.41, 5.74) is 2.30. The fourth-order valence-corrected chi connectivity index (χ4v) is 4.17. The average Bonchev–Trinajstić information content (AvgIpc) is 2.68. The third-order valence-electron chi connectivity index (χ3n) is 3.89. The molecule has 1 atom stereocenters. The van der Waals surface area contributed by atoms with E-state index in [1.54, 1.807) is 24.2 Å². The van der Waals surface area contributed by atoms with Crippen LogP contribution in [0.5, 0.6) is 0 Å². The zero-order chi connectivity index (χ0) is 19.1. The normalized spacial score (nSPS) is 11.8. The highest BCUT2D eigenvalue weighted by Crippen LogP contribution is 2.32. The number of benzene rings is 2. The van der Waals surface area contributed by atoms with Crippen LogP contribution in [0.3, 0.4) is 0 Å². The van der Waals surface area contributed by atoms with Gasteiger partial charge in [-0.25, -0.2) is 9.97 Å². The first kappa shape index (κ1) is 19.5. The van der Waals surface area contributed by atoms with Gasteiger partial charge < -0.3 is 5.32 Å². The topological polar surface area (TPSA) is 54.9 Å². The highest BCUT2D eigenvalue weighted by molar-refractivity contribution is 8.02. The molecule has 4 nitrogen and oxygen atoms in total. The Hall–Kier alpha value is -2.31. The van der Waals surface area contributed by atoms with E-state index in [2.05, 4.69) is 34.3 Å². The van der Waals surface area contributed by atoms with Gasteiger partial charge in [-0.2, -0.15) is 0 Å². The lowest BCUT2D eigenvalue weighted by Gasteiger charge is -2.14. The van der Waals surface area contributed by atoms with Crippen molar-refractivity contribution < 1.29 is 4.79 Å². The SMILES string of the molecule is Cc1ccc(C(C)NC(=O)CSc2nccnc2Sc2ccccc2)cc1. The van der Waals surface area contributed by atoms with Crippen molar-refractivity contribution in [2.24, 2.45) is 0 Å². The number of thioether (sulfide) groups is 1. The molecule has 2 aromatic carbocycles. The number of hydrogen-bond acceptors (Lipinski definition) is 5. The molecule has 0 saturated carbocycles. The molecule has 1 unspecified atom stereocenters. The molecule has 1 N–H and O–H groups in total. The average molecular weight is 396 g/mol. The van der Waals surface area contributed by atoms with Crippen LogP contribution in [0.4, 0.5) is 0 Å². The first-order chi connectivity index (χ1) is 13.1. The molecule has 1 amide bonds. The Balaban J connectivity index is 1.58. The van der Waals surface area contributed by atoms with Gasteiger partial charge in [0.1, 0.15) is 10.1 Å². The highest BCUT2D eigenvalue weighted by Gasteiger charge is 2.13. The summed E-state index contributed by atoms with van der Waals surface area (Å²) in [6.07, 6.45) is 3.33. The molecule has 0 aliphatic heterocycles. The molecule has 0 aliphatic carbocycles. The molecule has 0 aliphatic rings. The van der Waals surface area contributed by atoms with Gasteiger partial charge in [0.05, 0.1) is 11.8 Å². The Morgan fingerprint density at radius 1 is 1.00 bits per heavy atom. The lowest BCUT2D eigenvalue weighted by molar-refractivity contribution is -0.119. The summed E-state index contributed by atoms with van der Waals surface area (Å²) < 4.78 is 0. The minimum absolute atomic E-state index is 0.0191. The number of aromatic nitrogens is 2. The minimum atomic E-state index is -0.0290. The first-order valence-corrected chi connectivity index (χ1v) is 10.4. The van der Waals surface area contributed by atoms with Crippen LogP contribution in [0.15, 0.2) is 81.9 Å². The van der Waals surface area contributed by atoms with Crippen molar-refractivity contribution in [3.05, 3.63) is 78.1 Å².